The molecule has 3 aromatic heterocycles. The fraction of sp³-hybridized carbons (Fsp3) is 0.211. The molecule has 7 heteroatoms. The van der Waals surface area contributed by atoms with E-state index in [9.17, 15) is 0 Å². The molecule has 1 atom stereocenters. The zero-order valence-corrected chi connectivity index (χ0v) is 15.0. The van der Waals surface area contributed by atoms with E-state index in [4.69, 9.17) is 11.6 Å². The number of imidazole rings is 1. The third kappa shape index (κ3) is 2.45. The second kappa shape index (κ2) is 5.85. The van der Waals surface area contributed by atoms with Crippen LogP contribution in [0.25, 0.3) is 10.9 Å². The number of H-pyrrole nitrogens is 1. The van der Waals surface area contributed by atoms with Crippen molar-refractivity contribution >= 4 is 28.2 Å². The van der Waals surface area contributed by atoms with Crippen LogP contribution in [0.15, 0.2) is 49.2 Å². The molecule has 0 saturated heterocycles. The average molecular weight is 365 g/mol. The van der Waals surface area contributed by atoms with Crippen LogP contribution in [-0.2, 0) is 13.6 Å². The summed E-state index contributed by atoms with van der Waals surface area (Å²) < 4.78 is 1.84. The van der Waals surface area contributed by atoms with Crippen LogP contribution in [0.3, 0.4) is 0 Å². The highest BCUT2D eigenvalue weighted by molar-refractivity contribution is 6.31. The van der Waals surface area contributed by atoms with Crippen molar-refractivity contribution in [2.75, 3.05) is 11.4 Å². The number of rotatable bonds is 2. The van der Waals surface area contributed by atoms with Crippen LogP contribution in [0.4, 0.5) is 5.69 Å². The molecule has 5 rings (SSSR count). The number of hydrogen-bond acceptors (Lipinski definition) is 4. The van der Waals surface area contributed by atoms with Gasteiger partial charge in [0.15, 0.2) is 0 Å². The fourth-order valence-electron chi connectivity index (χ4n) is 3.77. The third-order valence-electron chi connectivity index (χ3n) is 4.98. The first-order chi connectivity index (χ1) is 12.7. The number of aryl methyl sites for hydroxylation is 1. The van der Waals surface area contributed by atoms with Gasteiger partial charge >= 0.3 is 0 Å². The molecule has 0 spiro atoms. The normalized spacial score (nSPS) is 16.8. The van der Waals surface area contributed by atoms with E-state index in [1.165, 1.54) is 5.56 Å². The van der Waals surface area contributed by atoms with Crippen LogP contribution in [-0.4, -0.2) is 31.3 Å². The molecule has 4 aromatic rings. The summed E-state index contributed by atoms with van der Waals surface area (Å²) in [7, 11) is 1.94. The Kier molecular flexibility index (Phi) is 3.46. The summed E-state index contributed by atoms with van der Waals surface area (Å²) in [4.78, 5) is 14.7. The number of nitrogens with zero attached hydrogens (tertiary/aromatic N) is 5. The lowest BCUT2D eigenvalue weighted by Gasteiger charge is -2.34. The van der Waals surface area contributed by atoms with Crippen molar-refractivity contribution in [3.63, 3.8) is 0 Å². The topological polar surface area (TPSA) is 62.6 Å². The van der Waals surface area contributed by atoms with Gasteiger partial charge < -0.3 is 9.88 Å². The van der Waals surface area contributed by atoms with Gasteiger partial charge in [-0.2, -0.15) is 5.10 Å². The molecule has 130 valence electrons. The van der Waals surface area contributed by atoms with Crippen LogP contribution in [0.2, 0.25) is 5.02 Å². The maximum Gasteiger partial charge on any atom is 0.0926 e. The molecule has 4 heterocycles. The lowest BCUT2D eigenvalue weighted by Crippen LogP contribution is -2.34. The maximum atomic E-state index is 6.14. The lowest BCUT2D eigenvalue weighted by atomic mass is 9.92. The van der Waals surface area contributed by atoms with Crippen molar-refractivity contribution in [3.05, 3.63) is 71.2 Å². The molecule has 0 amide bonds. The molecule has 1 aromatic carbocycles. The molecule has 1 aliphatic rings. The van der Waals surface area contributed by atoms with Crippen molar-refractivity contribution in [1.82, 2.24) is 24.7 Å². The summed E-state index contributed by atoms with van der Waals surface area (Å²) in [6.07, 6.45) is 7.62. The third-order valence-corrected chi connectivity index (χ3v) is 5.22. The number of fused-ring (bicyclic) bond motifs is 2. The molecule has 26 heavy (non-hydrogen) atoms. The van der Waals surface area contributed by atoms with Crippen molar-refractivity contribution < 1.29 is 0 Å². The first kappa shape index (κ1) is 15.4. The number of nitrogens with one attached hydrogen (secondary N) is 1. The van der Waals surface area contributed by atoms with E-state index >= 15 is 0 Å². The van der Waals surface area contributed by atoms with Crippen molar-refractivity contribution in [1.29, 1.82) is 0 Å². The molecule has 6 nitrogen and oxygen atoms in total. The summed E-state index contributed by atoms with van der Waals surface area (Å²) >= 11 is 6.14. The Labute approximate surface area is 155 Å². The highest BCUT2D eigenvalue weighted by Crippen LogP contribution is 2.36. The van der Waals surface area contributed by atoms with E-state index < -0.39 is 0 Å². The number of halogens is 1. The van der Waals surface area contributed by atoms with Crippen LogP contribution >= 0.6 is 11.6 Å². The SMILES string of the molecule is Cn1cc(C2CN(c3ccnc4cc(Cl)ccc34)Cc3[nH]cnc32)cn1. The number of benzene rings is 1. The number of anilines is 1. The van der Waals surface area contributed by atoms with Gasteiger partial charge in [-0.25, -0.2) is 4.98 Å². The highest BCUT2D eigenvalue weighted by atomic mass is 35.5. The smallest absolute Gasteiger partial charge is 0.0926 e. The minimum atomic E-state index is 0.175. The van der Waals surface area contributed by atoms with Crippen LogP contribution < -0.4 is 4.90 Å². The van der Waals surface area contributed by atoms with E-state index in [0.717, 1.165) is 41.1 Å². The Bertz CT molecular complexity index is 1100. The second-order valence-electron chi connectivity index (χ2n) is 6.64. The van der Waals surface area contributed by atoms with Gasteiger partial charge in [-0.05, 0) is 24.3 Å². The molecular formula is C19H17ClN6. The summed E-state index contributed by atoms with van der Waals surface area (Å²) in [6, 6.07) is 7.93. The van der Waals surface area contributed by atoms with Gasteiger partial charge in [0.2, 0.25) is 0 Å². The fourth-order valence-corrected chi connectivity index (χ4v) is 3.94. The van der Waals surface area contributed by atoms with Crippen molar-refractivity contribution in [2.24, 2.45) is 7.05 Å². The average Bonchev–Trinajstić information content (AvgIpc) is 3.28. The van der Waals surface area contributed by atoms with Crippen LogP contribution in [0, 0.1) is 0 Å². The largest absolute Gasteiger partial charge is 0.364 e. The molecule has 1 N–H and O–H groups in total. The van der Waals surface area contributed by atoms with Gasteiger partial charge in [-0.1, -0.05) is 11.6 Å². The Balaban J connectivity index is 1.61. The van der Waals surface area contributed by atoms with Crippen LogP contribution in [0.1, 0.15) is 22.9 Å². The van der Waals surface area contributed by atoms with Gasteiger partial charge in [-0.15, -0.1) is 0 Å². The Morgan fingerprint density at radius 3 is 3.00 bits per heavy atom. The number of aromatic nitrogens is 5. The predicted octanol–water partition coefficient (Wildman–Crippen LogP) is 3.50. The summed E-state index contributed by atoms with van der Waals surface area (Å²) in [5.41, 5.74) is 5.48. The Morgan fingerprint density at radius 2 is 2.15 bits per heavy atom. The van der Waals surface area contributed by atoms with Crippen molar-refractivity contribution in [3.8, 4) is 0 Å². The molecule has 0 aliphatic carbocycles. The predicted molar refractivity (Wildman–Crippen MR) is 101 cm³/mol. The summed E-state index contributed by atoms with van der Waals surface area (Å²) in [5.74, 6) is 0.175. The van der Waals surface area contributed by atoms with Gasteiger partial charge in [0, 0.05) is 53.6 Å². The second-order valence-corrected chi connectivity index (χ2v) is 7.07. The standard InChI is InChI=1S/C19H17ClN6/c1-25-8-12(7-24-25)15-9-26(10-17-19(15)23-11-22-17)18-4-5-21-16-6-13(20)2-3-14(16)18/h2-8,11,15H,9-10H2,1H3,(H,22,23). The molecular weight excluding hydrogens is 348 g/mol. The zero-order chi connectivity index (χ0) is 17.7. The molecule has 1 aliphatic heterocycles. The maximum absolute atomic E-state index is 6.14. The minimum absolute atomic E-state index is 0.175. The zero-order valence-electron chi connectivity index (χ0n) is 14.2. The number of aromatic amines is 1. The molecule has 0 fully saturated rings. The van der Waals surface area contributed by atoms with E-state index in [0.29, 0.717) is 5.02 Å². The van der Waals surface area contributed by atoms with E-state index in [-0.39, 0.29) is 5.92 Å². The molecule has 0 bridgehead atoms. The first-order valence-electron chi connectivity index (χ1n) is 8.49. The highest BCUT2D eigenvalue weighted by Gasteiger charge is 2.30. The number of hydrogen-bond donors (Lipinski definition) is 1. The molecule has 1 unspecified atom stereocenters. The van der Waals surface area contributed by atoms with Gasteiger partial charge in [0.25, 0.3) is 0 Å². The monoisotopic (exact) mass is 364 g/mol. The van der Waals surface area contributed by atoms with Crippen LogP contribution in [0.5, 0.6) is 0 Å². The quantitative estimate of drug-likeness (QED) is 0.591. The molecule has 0 radical (unpaired) electrons. The first-order valence-corrected chi connectivity index (χ1v) is 8.87. The lowest BCUT2D eigenvalue weighted by molar-refractivity contribution is 0.647. The minimum Gasteiger partial charge on any atom is -0.364 e. The molecule has 0 saturated carbocycles. The van der Waals surface area contributed by atoms with E-state index in [1.807, 2.05) is 42.3 Å². The van der Waals surface area contributed by atoms with Gasteiger partial charge in [-0.3, -0.25) is 9.67 Å². The van der Waals surface area contributed by atoms with Gasteiger partial charge in [0.1, 0.15) is 0 Å². The summed E-state index contributed by atoms with van der Waals surface area (Å²) in [5, 5.41) is 6.14. The Morgan fingerprint density at radius 1 is 1.23 bits per heavy atom. The van der Waals surface area contributed by atoms with Gasteiger partial charge in [0.05, 0.1) is 36.0 Å². The van der Waals surface area contributed by atoms with E-state index in [1.54, 1.807) is 6.33 Å². The number of pyridine rings is 1. The summed E-state index contributed by atoms with van der Waals surface area (Å²) in [6.45, 7) is 1.62. The van der Waals surface area contributed by atoms with E-state index in [2.05, 4.69) is 37.2 Å². The Hall–Kier alpha value is -2.86. The van der Waals surface area contributed by atoms with Crippen molar-refractivity contribution in [2.45, 2.75) is 12.5 Å².